The molecule has 4 heterocycles. The zero-order chi connectivity index (χ0) is 23.0. The Hall–Kier alpha value is -2.88. The highest BCUT2D eigenvalue weighted by atomic mass is 19.4. The van der Waals surface area contributed by atoms with E-state index in [4.69, 9.17) is 4.74 Å². The molecule has 172 valence electrons. The molecule has 1 atom stereocenters. The van der Waals surface area contributed by atoms with Crippen molar-refractivity contribution in [1.29, 1.82) is 0 Å². The Morgan fingerprint density at radius 2 is 1.97 bits per heavy atom. The molecule has 2 aliphatic rings. The lowest BCUT2D eigenvalue weighted by Gasteiger charge is -2.33. The minimum absolute atomic E-state index is 0.0470. The number of β-amino-alcohol motifs (C(OH)–C–C–N with tert-alkyl or cyclic N) is 1. The number of aryl methyl sites for hydroxylation is 2. The number of anilines is 1. The van der Waals surface area contributed by atoms with Gasteiger partial charge in [-0.3, -0.25) is 9.78 Å². The third kappa shape index (κ3) is 4.64. The number of nitrogens with zero attached hydrogens (tertiary/aromatic N) is 4. The lowest BCUT2D eigenvalue weighted by molar-refractivity contribution is -0.206. The summed E-state index contributed by atoms with van der Waals surface area (Å²) in [6, 6.07) is 5.49. The third-order valence-electron chi connectivity index (χ3n) is 5.82. The van der Waals surface area contributed by atoms with Gasteiger partial charge in [-0.05, 0) is 37.6 Å². The van der Waals surface area contributed by atoms with Gasteiger partial charge in [-0.25, -0.2) is 4.98 Å². The molecule has 1 saturated heterocycles. The van der Waals surface area contributed by atoms with Gasteiger partial charge in [0.2, 0.25) is 0 Å². The van der Waals surface area contributed by atoms with Crippen LogP contribution in [0.1, 0.15) is 40.2 Å². The van der Waals surface area contributed by atoms with E-state index in [-0.39, 0.29) is 12.6 Å². The van der Waals surface area contributed by atoms with Crippen LogP contribution in [0.5, 0.6) is 5.75 Å². The molecule has 32 heavy (non-hydrogen) atoms. The largest absolute Gasteiger partial charge is 0.489 e. The highest BCUT2D eigenvalue weighted by Crippen LogP contribution is 2.31. The lowest BCUT2D eigenvalue weighted by atomic mass is 10.1. The van der Waals surface area contributed by atoms with Crippen LogP contribution in [0.15, 0.2) is 24.4 Å². The quantitative estimate of drug-likeness (QED) is 0.755. The maximum Gasteiger partial charge on any atom is 0.416 e. The van der Waals surface area contributed by atoms with Gasteiger partial charge >= 0.3 is 6.18 Å². The maximum absolute atomic E-state index is 12.7. The molecule has 7 nitrogen and oxygen atoms in total. The molecule has 0 spiro atoms. The number of aromatic nitrogens is 2. The number of hydrogen-bond acceptors (Lipinski definition) is 6. The van der Waals surface area contributed by atoms with E-state index < -0.39 is 24.7 Å². The van der Waals surface area contributed by atoms with E-state index in [1.807, 2.05) is 26.0 Å². The number of amides is 1. The molecule has 0 saturated carbocycles. The fraction of sp³-hybridized carbons (Fsp3) is 0.500. The average molecular weight is 450 g/mol. The number of carbonyl (C=O) groups excluding carboxylic acids is 1. The van der Waals surface area contributed by atoms with Crippen molar-refractivity contribution in [3.05, 3.63) is 46.9 Å². The predicted molar refractivity (Wildman–Crippen MR) is 111 cm³/mol. The zero-order valence-corrected chi connectivity index (χ0v) is 17.9. The van der Waals surface area contributed by atoms with Crippen LogP contribution in [-0.2, 0) is 6.54 Å². The summed E-state index contributed by atoms with van der Waals surface area (Å²) in [5, 5.41) is 9.34. The SMILES string of the molecule is Cc1ccc(OC2CCN(c3nc4c(cc3C)C(=O)N(CC(O)C(F)(F)F)C4)CC2)cn1. The van der Waals surface area contributed by atoms with Crippen LogP contribution in [0.2, 0.25) is 0 Å². The first-order valence-corrected chi connectivity index (χ1v) is 10.5. The first kappa shape index (κ1) is 22.3. The van der Waals surface area contributed by atoms with Crippen LogP contribution in [0.4, 0.5) is 19.0 Å². The molecule has 2 aromatic heterocycles. The Morgan fingerprint density at radius 1 is 1.25 bits per heavy atom. The number of piperidine rings is 1. The molecule has 2 aromatic rings. The van der Waals surface area contributed by atoms with E-state index in [0.29, 0.717) is 24.3 Å². The normalized spacial score (nSPS) is 18.1. The molecule has 1 unspecified atom stereocenters. The summed E-state index contributed by atoms with van der Waals surface area (Å²) in [5.41, 5.74) is 2.45. The second kappa shape index (κ2) is 8.57. The molecule has 1 N–H and O–H groups in total. The number of pyridine rings is 2. The summed E-state index contributed by atoms with van der Waals surface area (Å²) in [4.78, 5) is 24.5. The van der Waals surface area contributed by atoms with E-state index in [1.165, 1.54) is 0 Å². The predicted octanol–water partition coefficient (Wildman–Crippen LogP) is 3.02. The van der Waals surface area contributed by atoms with Crippen molar-refractivity contribution in [1.82, 2.24) is 14.9 Å². The minimum atomic E-state index is -4.77. The summed E-state index contributed by atoms with van der Waals surface area (Å²) in [5.74, 6) is 0.926. The van der Waals surface area contributed by atoms with Gasteiger partial charge in [0.25, 0.3) is 5.91 Å². The summed E-state index contributed by atoms with van der Waals surface area (Å²) >= 11 is 0. The number of carbonyl (C=O) groups is 1. The van der Waals surface area contributed by atoms with Gasteiger partial charge in [0.15, 0.2) is 6.10 Å². The Labute approximate surface area is 183 Å². The number of hydrogen-bond donors (Lipinski definition) is 1. The van der Waals surface area contributed by atoms with E-state index in [0.717, 1.165) is 40.6 Å². The minimum Gasteiger partial charge on any atom is -0.489 e. The summed E-state index contributed by atoms with van der Waals surface area (Å²) in [6.07, 6.45) is -4.00. The van der Waals surface area contributed by atoms with Gasteiger partial charge in [0.1, 0.15) is 17.7 Å². The number of aliphatic hydroxyl groups is 1. The summed E-state index contributed by atoms with van der Waals surface area (Å²) in [6.45, 7) is 4.32. The number of rotatable bonds is 5. The molecular weight excluding hydrogens is 425 g/mol. The number of ether oxygens (including phenoxy) is 1. The van der Waals surface area contributed by atoms with Gasteiger partial charge < -0.3 is 19.6 Å². The number of fused-ring (bicyclic) bond motifs is 1. The van der Waals surface area contributed by atoms with Crippen molar-refractivity contribution < 1.29 is 27.8 Å². The van der Waals surface area contributed by atoms with Gasteiger partial charge in [-0.1, -0.05) is 0 Å². The van der Waals surface area contributed by atoms with Crippen molar-refractivity contribution in [3.8, 4) is 5.75 Å². The van der Waals surface area contributed by atoms with Crippen LogP contribution in [0, 0.1) is 13.8 Å². The average Bonchev–Trinajstić information content (AvgIpc) is 3.04. The monoisotopic (exact) mass is 450 g/mol. The molecule has 0 aliphatic carbocycles. The van der Waals surface area contributed by atoms with Crippen molar-refractivity contribution in [3.63, 3.8) is 0 Å². The molecule has 4 rings (SSSR count). The van der Waals surface area contributed by atoms with E-state index >= 15 is 0 Å². The van der Waals surface area contributed by atoms with Crippen molar-refractivity contribution in [2.45, 2.75) is 51.6 Å². The van der Waals surface area contributed by atoms with E-state index in [2.05, 4.69) is 14.9 Å². The molecule has 10 heteroatoms. The molecule has 1 amide bonds. The van der Waals surface area contributed by atoms with Gasteiger partial charge in [0, 0.05) is 31.6 Å². The van der Waals surface area contributed by atoms with Crippen LogP contribution in [0.25, 0.3) is 0 Å². The Kier molecular flexibility index (Phi) is 5.98. The highest BCUT2D eigenvalue weighted by molar-refractivity contribution is 5.98. The fourth-order valence-electron chi connectivity index (χ4n) is 4.05. The number of halogens is 3. The van der Waals surface area contributed by atoms with Crippen molar-refractivity contribution >= 4 is 11.7 Å². The molecular formula is C22H25F3N4O3. The zero-order valence-electron chi connectivity index (χ0n) is 17.9. The first-order chi connectivity index (χ1) is 15.1. The molecule has 0 radical (unpaired) electrons. The summed E-state index contributed by atoms with van der Waals surface area (Å²) in [7, 11) is 0. The van der Waals surface area contributed by atoms with Gasteiger partial charge in [-0.2, -0.15) is 13.2 Å². The second-order valence-electron chi connectivity index (χ2n) is 8.31. The molecule has 2 aliphatic heterocycles. The van der Waals surface area contributed by atoms with Crippen LogP contribution < -0.4 is 9.64 Å². The number of aliphatic hydroxyl groups excluding tert-OH is 1. The lowest BCUT2D eigenvalue weighted by Crippen LogP contribution is -2.41. The molecule has 1 fully saturated rings. The van der Waals surface area contributed by atoms with Crippen LogP contribution in [-0.4, -0.2) is 63.9 Å². The Balaban J connectivity index is 1.41. The molecule has 0 aromatic carbocycles. The highest BCUT2D eigenvalue weighted by Gasteiger charge is 2.42. The smallest absolute Gasteiger partial charge is 0.416 e. The first-order valence-electron chi connectivity index (χ1n) is 10.5. The Morgan fingerprint density at radius 3 is 2.59 bits per heavy atom. The van der Waals surface area contributed by atoms with Crippen LogP contribution in [0.3, 0.4) is 0 Å². The maximum atomic E-state index is 12.7. The van der Waals surface area contributed by atoms with Gasteiger partial charge in [0.05, 0.1) is 30.5 Å². The van der Waals surface area contributed by atoms with Gasteiger partial charge in [-0.15, -0.1) is 0 Å². The third-order valence-corrected chi connectivity index (χ3v) is 5.82. The Bertz CT molecular complexity index is 989. The number of alkyl halides is 3. The standard InChI is InChI=1S/C22H25F3N4O3/c1-13-9-17-18(11-29(21(17)31)12-19(30)22(23,24)25)27-20(13)28-7-5-15(6-8-28)32-16-4-3-14(2)26-10-16/h3-4,9-10,15,19,30H,5-8,11-12H2,1-2H3. The van der Waals surface area contributed by atoms with Crippen molar-refractivity contribution in [2.24, 2.45) is 0 Å². The van der Waals surface area contributed by atoms with E-state index in [9.17, 15) is 23.1 Å². The molecule has 0 bridgehead atoms. The topological polar surface area (TPSA) is 78.8 Å². The van der Waals surface area contributed by atoms with Crippen molar-refractivity contribution in [2.75, 3.05) is 24.5 Å². The van der Waals surface area contributed by atoms with Crippen LogP contribution >= 0.6 is 0 Å². The van der Waals surface area contributed by atoms with E-state index in [1.54, 1.807) is 12.3 Å². The fourth-order valence-corrected chi connectivity index (χ4v) is 4.05. The summed E-state index contributed by atoms with van der Waals surface area (Å²) < 4.78 is 44.1. The second-order valence-corrected chi connectivity index (χ2v) is 8.31.